The van der Waals surface area contributed by atoms with E-state index in [1.54, 1.807) is 12.1 Å². The average Bonchev–Trinajstić information content (AvgIpc) is 2.39. The monoisotopic (exact) mass is 318 g/mol. The lowest BCUT2D eigenvalue weighted by Crippen LogP contribution is -2.11. The number of nitrogens with one attached hydrogen (secondary N) is 1. The summed E-state index contributed by atoms with van der Waals surface area (Å²) in [4.78, 5) is 0. The molecule has 0 aliphatic carbocycles. The van der Waals surface area contributed by atoms with Gasteiger partial charge >= 0.3 is 0 Å². The third-order valence-electron chi connectivity index (χ3n) is 2.80. The van der Waals surface area contributed by atoms with Crippen LogP contribution in [0, 0.1) is 5.41 Å². The van der Waals surface area contributed by atoms with Gasteiger partial charge in [0.05, 0.1) is 0 Å². The molecule has 2 rings (SSSR count). The van der Waals surface area contributed by atoms with Crippen molar-refractivity contribution < 1.29 is 4.74 Å². The van der Waals surface area contributed by atoms with Crippen molar-refractivity contribution >= 4 is 21.8 Å². The van der Waals surface area contributed by atoms with Gasteiger partial charge < -0.3 is 10.5 Å². The van der Waals surface area contributed by atoms with Crippen LogP contribution < -0.4 is 10.5 Å². The second-order valence-corrected chi connectivity index (χ2v) is 5.01. The van der Waals surface area contributed by atoms with Crippen LogP contribution in [-0.4, -0.2) is 5.84 Å². The standard InChI is InChI=1S/C15H15BrN2O/c1-2-10-3-5-11(6-4-10)19-12-7-8-13(15(17)18)14(16)9-12/h3-9H,2H2,1H3,(H3,17,18). The van der Waals surface area contributed by atoms with Crippen molar-refractivity contribution in [2.45, 2.75) is 13.3 Å². The van der Waals surface area contributed by atoms with Crippen LogP contribution >= 0.6 is 15.9 Å². The molecule has 0 saturated carbocycles. The second-order valence-electron chi connectivity index (χ2n) is 4.15. The maximum Gasteiger partial charge on any atom is 0.128 e. The number of nitrogen functional groups attached to an aromatic ring is 1. The van der Waals surface area contributed by atoms with E-state index >= 15 is 0 Å². The molecule has 3 nitrogen and oxygen atoms in total. The maximum atomic E-state index is 7.42. The van der Waals surface area contributed by atoms with Crippen molar-refractivity contribution in [1.82, 2.24) is 0 Å². The fourth-order valence-electron chi connectivity index (χ4n) is 1.71. The zero-order valence-electron chi connectivity index (χ0n) is 10.6. The Hall–Kier alpha value is -1.81. The summed E-state index contributed by atoms with van der Waals surface area (Å²) >= 11 is 3.38. The molecule has 0 atom stereocenters. The number of rotatable bonds is 4. The van der Waals surface area contributed by atoms with Gasteiger partial charge in [-0.25, -0.2) is 0 Å². The van der Waals surface area contributed by atoms with Crippen molar-refractivity contribution in [3.63, 3.8) is 0 Å². The van der Waals surface area contributed by atoms with Gasteiger partial charge in [-0.05, 0) is 58.2 Å². The van der Waals surface area contributed by atoms with E-state index in [2.05, 4.69) is 22.9 Å². The van der Waals surface area contributed by atoms with Gasteiger partial charge in [0.1, 0.15) is 17.3 Å². The van der Waals surface area contributed by atoms with Gasteiger partial charge in [0, 0.05) is 10.0 Å². The van der Waals surface area contributed by atoms with Gasteiger partial charge in [-0.15, -0.1) is 0 Å². The number of aryl methyl sites for hydroxylation is 1. The number of amidine groups is 1. The Morgan fingerprint density at radius 2 is 1.79 bits per heavy atom. The van der Waals surface area contributed by atoms with Crippen molar-refractivity contribution in [3.05, 3.63) is 58.1 Å². The normalized spacial score (nSPS) is 10.2. The minimum atomic E-state index is 0.0331. The van der Waals surface area contributed by atoms with Crippen molar-refractivity contribution in [3.8, 4) is 11.5 Å². The van der Waals surface area contributed by atoms with Crippen molar-refractivity contribution in [2.75, 3.05) is 0 Å². The van der Waals surface area contributed by atoms with Crippen LogP contribution in [0.4, 0.5) is 0 Å². The number of hydrogen-bond acceptors (Lipinski definition) is 2. The molecule has 0 amide bonds. The molecule has 0 unspecified atom stereocenters. The predicted octanol–water partition coefficient (Wildman–Crippen LogP) is 4.09. The summed E-state index contributed by atoms with van der Waals surface area (Å²) in [5, 5.41) is 7.42. The third kappa shape index (κ3) is 3.35. The Morgan fingerprint density at radius 3 is 2.32 bits per heavy atom. The van der Waals surface area contributed by atoms with Crippen LogP contribution in [0.3, 0.4) is 0 Å². The van der Waals surface area contributed by atoms with E-state index in [1.165, 1.54) is 5.56 Å². The molecule has 0 aliphatic rings. The van der Waals surface area contributed by atoms with Gasteiger partial charge in [0.25, 0.3) is 0 Å². The quantitative estimate of drug-likeness (QED) is 0.659. The first kappa shape index (κ1) is 13.6. The highest BCUT2D eigenvalue weighted by atomic mass is 79.9. The molecule has 98 valence electrons. The molecule has 3 N–H and O–H groups in total. The number of nitrogens with two attached hydrogens (primary N) is 1. The van der Waals surface area contributed by atoms with E-state index in [1.807, 2.05) is 30.3 Å². The Morgan fingerprint density at radius 1 is 1.16 bits per heavy atom. The summed E-state index contributed by atoms with van der Waals surface area (Å²) in [6.07, 6.45) is 1.01. The molecule has 4 heteroatoms. The first-order chi connectivity index (χ1) is 9.10. The van der Waals surface area contributed by atoms with Gasteiger partial charge in [-0.1, -0.05) is 19.1 Å². The van der Waals surface area contributed by atoms with Crippen molar-refractivity contribution in [1.29, 1.82) is 5.41 Å². The first-order valence-electron chi connectivity index (χ1n) is 6.01. The number of ether oxygens (including phenoxy) is 1. The smallest absolute Gasteiger partial charge is 0.128 e. The molecular weight excluding hydrogens is 304 g/mol. The second kappa shape index (κ2) is 5.89. The van der Waals surface area contributed by atoms with Crippen LogP contribution in [0.1, 0.15) is 18.1 Å². The Balaban J connectivity index is 2.18. The summed E-state index contributed by atoms with van der Waals surface area (Å²) in [6.45, 7) is 2.12. The molecule has 0 fully saturated rings. The lowest BCUT2D eigenvalue weighted by atomic mass is 10.2. The zero-order valence-corrected chi connectivity index (χ0v) is 12.2. The zero-order chi connectivity index (χ0) is 13.8. The summed E-state index contributed by atoms with van der Waals surface area (Å²) in [7, 11) is 0. The molecule has 2 aromatic rings. The number of benzene rings is 2. The molecule has 2 aromatic carbocycles. The predicted molar refractivity (Wildman–Crippen MR) is 81.1 cm³/mol. The minimum absolute atomic E-state index is 0.0331. The highest BCUT2D eigenvalue weighted by molar-refractivity contribution is 9.10. The van der Waals surface area contributed by atoms with Gasteiger partial charge in [0.2, 0.25) is 0 Å². The molecule has 0 saturated heterocycles. The van der Waals surface area contributed by atoms with Gasteiger partial charge in [-0.3, -0.25) is 5.41 Å². The molecule has 0 aromatic heterocycles. The summed E-state index contributed by atoms with van der Waals surface area (Å²) in [6, 6.07) is 13.4. The third-order valence-corrected chi connectivity index (χ3v) is 3.45. The molecule has 19 heavy (non-hydrogen) atoms. The molecule has 0 aliphatic heterocycles. The SMILES string of the molecule is CCc1ccc(Oc2ccc(C(=N)N)c(Br)c2)cc1. The Labute approximate surface area is 121 Å². The average molecular weight is 319 g/mol. The summed E-state index contributed by atoms with van der Waals surface area (Å²) < 4.78 is 6.50. The molecule has 0 radical (unpaired) electrons. The number of halogens is 1. The van der Waals surface area contributed by atoms with Crippen LogP contribution in [0.5, 0.6) is 11.5 Å². The lowest BCUT2D eigenvalue weighted by molar-refractivity contribution is 0.482. The largest absolute Gasteiger partial charge is 0.457 e. The first-order valence-corrected chi connectivity index (χ1v) is 6.80. The van der Waals surface area contributed by atoms with E-state index in [4.69, 9.17) is 15.9 Å². The van der Waals surface area contributed by atoms with E-state index in [0.717, 1.165) is 16.6 Å². The molecule has 0 heterocycles. The topological polar surface area (TPSA) is 59.1 Å². The molecule has 0 bridgehead atoms. The fraction of sp³-hybridized carbons (Fsp3) is 0.133. The Kier molecular flexibility index (Phi) is 4.22. The number of hydrogen-bond donors (Lipinski definition) is 2. The van der Waals surface area contributed by atoms with E-state index < -0.39 is 0 Å². The maximum absolute atomic E-state index is 7.42. The summed E-state index contributed by atoms with van der Waals surface area (Å²) in [5.41, 5.74) is 7.40. The highest BCUT2D eigenvalue weighted by Gasteiger charge is 2.05. The van der Waals surface area contributed by atoms with Gasteiger partial charge in [-0.2, -0.15) is 0 Å². The minimum Gasteiger partial charge on any atom is -0.457 e. The van der Waals surface area contributed by atoms with Crippen molar-refractivity contribution in [2.24, 2.45) is 5.73 Å². The highest BCUT2D eigenvalue weighted by Crippen LogP contribution is 2.27. The lowest BCUT2D eigenvalue weighted by Gasteiger charge is -2.08. The van der Waals surface area contributed by atoms with E-state index in [9.17, 15) is 0 Å². The summed E-state index contributed by atoms with van der Waals surface area (Å²) in [5.74, 6) is 1.53. The van der Waals surface area contributed by atoms with E-state index in [-0.39, 0.29) is 5.84 Å². The van der Waals surface area contributed by atoms with E-state index in [0.29, 0.717) is 11.3 Å². The molecule has 0 spiro atoms. The van der Waals surface area contributed by atoms with Crippen LogP contribution in [0.15, 0.2) is 46.9 Å². The fourth-order valence-corrected chi connectivity index (χ4v) is 2.28. The van der Waals surface area contributed by atoms with Crippen LogP contribution in [0.2, 0.25) is 0 Å². The Bertz CT molecular complexity index is 594. The molecular formula is C15H15BrN2O. The van der Waals surface area contributed by atoms with Crippen LogP contribution in [0.25, 0.3) is 0 Å². The van der Waals surface area contributed by atoms with Gasteiger partial charge in [0.15, 0.2) is 0 Å². The van der Waals surface area contributed by atoms with Crippen LogP contribution in [-0.2, 0) is 6.42 Å².